The number of nitrogens with one attached hydrogen (secondary N) is 2. The summed E-state index contributed by atoms with van der Waals surface area (Å²) >= 11 is 0. The first kappa shape index (κ1) is 23.0. The van der Waals surface area contributed by atoms with E-state index in [2.05, 4.69) is 20.9 Å². The average molecular weight is 428 g/mol. The molecule has 0 heterocycles. The molecule has 0 atom stereocenters. The summed E-state index contributed by atoms with van der Waals surface area (Å²) in [7, 11) is 0. The van der Waals surface area contributed by atoms with Crippen LogP contribution < -0.4 is 10.6 Å². The first-order valence-electron chi connectivity index (χ1n) is 9.11. The Hall–Kier alpha value is -4.28. The van der Waals surface area contributed by atoms with Crippen molar-refractivity contribution in [1.82, 2.24) is 10.6 Å². The number of phenols is 1. The van der Waals surface area contributed by atoms with Gasteiger partial charge in [0, 0.05) is 25.1 Å². The maximum atomic E-state index is 12.1. The minimum Gasteiger partial charge on any atom is -0.507 e. The normalized spacial score (nSPS) is 10.6. The lowest BCUT2D eigenvalue weighted by Crippen LogP contribution is -2.31. The molecule has 0 unspecified atom stereocenters. The highest BCUT2D eigenvalue weighted by Crippen LogP contribution is 2.25. The summed E-state index contributed by atoms with van der Waals surface area (Å²) < 4.78 is 0. The molecule has 5 N–H and O–H groups in total. The Kier molecular flexibility index (Phi) is 8.20. The highest BCUT2D eigenvalue weighted by Gasteiger charge is 2.10. The Balaban J connectivity index is 1.86. The summed E-state index contributed by atoms with van der Waals surface area (Å²) in [4.78, 5) is 45.0. The summed E-state index contributed by atoms with van der Waals surface area (Å²) in [5.74, 6) is -3.43. The zero-order chi connectivity index (χ0) is 22.8. The van der Waals surface area contributed by atoms with Gasteiger partial charge in [-0.15, -0.1) is 0 Å². The first-order chi connectivity index (χ1) is 14.8. The van der Waals surface area contributed by atoms with E-state index in [-0.39, 0.29) is 48.8 Å². The lowest BCUT2D eigenvalue weighted by Gasteiger charge is -2.06. The topological polar surface area (TPSA) is 178 Å². The fraction of sp³-hybridized carbons (Fsp3) is 0.200. The van der Waals surface area contributed by atoms with Gasteiger partial charge in [0.15, 0.2) is 0 Å². The number of carboxylic acids is 2. The van der Waals surface area contributed by atoms with Crippen molar-refractivity contribution >= 4 is 35.1 Å². The highest BCUT2D eigenvalue weighted by molar-refractivity contribution is 5.94. The largest absolute Gasteiger partial charge is 0.507 e. The van der Waals surface area contributed by atoms with Crippen molar-refractivity contribution in [2.24, 2.45) is 10.2 Å². The molecule has 2 amide bonds. The van der Waals surface area contributed by atoms with Crippen molar-refractivity contribution in [1.29, 1.82) is 0 Å². The summed E-state index contributed by atoms with van der Waals surface area (Å²) in [5, 5.41) is 39.9. The molecule has 0 spiro atoms. The number of aromatic hydroxyl groups is 1. The standard InChI is InChI=1S/C20H20N4O7/c25-16-6-5-14(11-15(16)20(30)31)24-23-13-3-1-12(2-4-13)19(29)22-9-7-17(26)21-10-8-18(27)28/h1-6,11,25H,7-10H2,(H,21,26)(H,22,29)(H,27,28)(H,30,31). The van der Waals surface area contributed by atoms with Gasteiger partial charge in [0.1, 0.15) is 11.3 Å². The average Bonchev–Trinajstić information content (AvgIpc) is 2.73. The van der Waals surface area contributed by atoms with Crippen LogP contribution >= 0.6 is 0 Å². The van der Waals surface area contributed by atoms with E-state index in [1.807, 2.05) is 0 Å². The number of carboxylic acid groups (broad SMARTS) is 2. The van der Waals surface area contributed by atoms with Gasteiger partial charge < -0.3 is 26.0 Å². The molecular formula is C20H20N4O7. The van der Waals surface area contributed by atoms with E-state index in [1.165, 1.54) is 42.5 Å². The smallest absolute Gasteiger partial charge is 0.339 e. The molecule has 31 heavy (non-hydrogen) atoms. The van der Waals surface area contributed by atoms with Crippen molar-refractivity contribution in [2.75, 3.05) is 13.1 Å². The predicted molar refractivity (Wildman–Crippen MR) is 108 cm³/mol. The molecule has 0 aliphatic carbocycles. The van der Waals surface area contributed by atoms with Crippen LogP contribution in [-0.2, 0) is 9.59 Å². The van der Waals surface area contributed by atoms with Crippen LogP contribution in [0.3, 0.4) is 0 Å². The number of hydrogen-bond acceptors (Lipinski definition) is 7. The SMILES string of the molecule is O=C(O)CCNC(=O)CCNC(=O)c1ccc(N=Nc2ccc(O)c(C(=O)O)c2)cc1. The number of carbonyl (C=O) groups is 4. The molecule has 2 aromatic rings. The highest BCUT2D eigenvalue weighted by atomic mass is 16.4. The lowest BCUT2D eigenvalue weighted by atomic mass is 10.2. The van der Waals surface area contributed by atoms with Gasteiger partial charge in [-0.1, -0.05) is 0 Å². The second-order valence-corrected chi connectivity index (χ2v) is 6.25. The molecule has 0 aliphatic rings. The third-order valence-electron chi connectivity index (χ3n) is 3.92. The summed E-state index contributed by atoms with van der Waals surface area (Å²) in [6, 6.07) is 9.89. The summed E-state index contributed by atoms with van der Waals surface area (Å²) in [6.45, 7) is 0.117. The first-order valence-corrected chi connectivity index (χ1v) is 9.11. The molecule has 0 aliphatic heterocycles. The van der Waals surface area contributed by atoms with E-state index >= 15 is 0 Å². The molecule has 2 aromatic carbocycles. The number of amides is 2. The summed E-state index contributed by atoms with van der Waals surface area (Å²) in [5.41, 5.74) is 0.694. The fourth-order valence-corrected chi connectivity index (χ4v) is 2.34. The van der Waals surface area contributed by atoms with Gasteiger partial charge in [0.2, 0.25) is 5.91 Å². The molecule has 162 valence electrons. The number of azo groups is 1. The van der Waals surface area contributed by atoms with Gasteiger partial charge in [-0.25, -0.2) is 4.79 Å². The molecule has 11 nitrogen and oxygen atoms in total. The van der Waals surface area contributed by atoms with Crippen LogP contribution in [0.5, 0.6) is 5.75 Å². The van der Waals surface area contributed by atoms with Crippen molar-refractivity contribution < 1.29 is 34.5 Å². The van der Waals surface area contributed by atoms with Crippen LogP contribution in [0.1, 0.15) is 33.6 Å². The van der Waals surface area contributed by atoms with Crippen LogP contribution in [-0.4, -0.2) is 52.2 Å². The van der Waals surface area contributed by atoms with Gasteiger partial charge in [-0.2, -0.15) is 10.2 Å². The fourth-order valence-electron chi connectivity index (χ4n) is 2.34. The number of benzene rings is 2. The molecule has 0 bridgehead atoms. The van der Waals surface area contributed by atoms with Crippen LogP contribution in [0.25, 0.3) is 0 Å². The second-order valence-electron chi connectivity index (χ2n) is 6.25. The molecule has 0 aromatic heterocycles. The maximum Gasteiger partial charge on any atom is 0.339 e. The molecular weight excluding hydrogens is 408 g/mol. The van der Waals surface area contributed by atoms with Crippen LogP contribution in [0.4, 0.5) is 11.4 Å². The third kappa shape index (κ3) is 7.57. The second kappa shape index (κ2) is 11.0. The van der Waals surface area contributed by atoms with E-state index in [0.717, 1.165) is 0 Å². The van der Waals surface area contributed by atoms with E-state index < -0.39 is 17.8 Å². The van der Waals surface area contributed by atoms with Crippen LogP contribution in [0, 0.1) is 0 Å². The Bertz CT molecular complexity index is 1000. The molecule has 2 rings (SSSR count). The maximum absolute atomic E-state index is 12.1. The van der Waals surface area contributed by atoms with Gasteiger partial charge in [0.25, 0.3) is 5.91 Å². The van der Waals surface area contributed by atoms with E-state index in [4.69, 9.17) is 10.2 Å². The lowest BCUT2D eigenvalue weighted by molar-refractivity contribution is -0.136. The Morgan fingerprint density at radius 3 is 2.06 bits per heavy atom. The number of carbonyl (C=O) groups excluding carboxylic acids is 2. The Morgan fingerprint density at radius 2 is 1.42 bits per heavy atom. The Morgan fingerprint density at radius 1 is 0.806 bits per heavy atom. The quantitative estimate of drug-likeness (QED) is 0.360. The monoisotopic (exact) mass is 428 g/mol. The van der Waals surface area contributed by atoms with E-state index in [1.54, 1.807) is 0 Å². The number of hydrogen-bond donors (Lipinski definition) is 5. The Labute approximate surface area is 176 Å². The van der Waals surface area contributed by atoms with E-state index in [9.17, 15) is 24.3 Å². The van der Waals surface area contributed by atoms with Gasteiger partial charge in [-0.05, 0) is 42.5 Å². The van der Waals surface area contributed by atoms with Crippen LogP contribution in [0.2, 0.25) is 0 Å². The minimum absolute atomic E-state index is 0.0165. The van der Waals surface area contributed by atoms with Crippen LogP contribution in [0.15, 0.2) is 52.7 Å². The van der Waals surface area contributed by atoms with Gasteiger partial charge in [0.05, 0.1) is 17.8 Å². The molecule has 0 fully saturated rings. The number of nitrogens with zero attached hydrogens (tertiary/aromatic N) is 2. The van der Waals surface area contributed by atoms with Gasteiger partial charge >= 0.3 is 11.9 Å². The number of aliphatic carboxylic acids is 1. The number of rotatable bonds is 10. The molecule has 11 heteroatoms. The van der Waals surface area contributed by atoms with Gasteiger partial charge in [-0.3, -0.25) is 14.4 Å². The summed E-state index contributed by atoms with van der Waals surface area (Å²) in [6.07, 6.45) is -0.155. The third-order valence-corrected chi connectivity index (χ3v) is 3.92. The predicted octanol–water partition coefficient (Wildman–Crippen LogP) is 2.22. The van der Waals surface area contributed by atoms with Crippen molar-refractivity contribution in [3.63, 3.8) is 0 Å². The molecule has 0 saturated carbocycles. The number of aromatic carboxylic acids is 1. The van der Waals surface area contributed by atoms with E-state index in [0.29, 0.717) is 11.3 Å². The molecule has 0 radical (unpaired) electrons. The molecule has 0 saturated heterocycles. The zero-order valence-electron chi connectivity index (χ0n) is 16.2. The van der Waals surface area contributed by atoms with Crippen molar-refractivity contribution in [2.45, 2.75) is 12.8 Å². The zero-order valence-corrected chi connectivity index (χ0v) is 16.2. The van der Waals surface area contributed by atoms with Crippen molar-refractivity contribution in [3.05, 3.63) is 53.6 Å². The van der Waals surface area contributed by atoms with Crippen molar-refractivity contribution in [3.8, 4) is 5.75 Å². The minimum atomic E-state index is -1.29.